The molecule has 1 heterocycles. The van der Waals surface area contributed by atoms with Gasteiger partial charge in [-0.2, -0.15) is 0 Å². The summed E-state index contributed by atoms with van der Waals surface area (Å²) in [6, 6.07) is 0.572. The number of rotatable bonds is 3. The van der Waals surface area contributed by atoms with Gasteiger partial charge >= 0.3 is 0 Å². The molecule has 1 aliphatic heterocycles. The molecular formula is C11H22N2O. The molecule has 1 fully saturated rings. The summed E-state index contributed by atoms with van der Waals surface area (Å²) in [6.45, 7) is 8.64. The van der Waals surface area contributed by atoms with Gasteiger partial charge in [-0.15, -0.1) is 0 Å². The van der Waals surface area contributed by atoms with Crippen molar-refractivity contribution in [3.63, 3.8) is 0 Å². The van der Waals surface area contributed by atoms with E-state index < -0.39 is 0 Å². The number of nitrogens with one attached hydrogen (secondary N) is 1. The Morgan fingerprint density at radius 3 is 2.57 bits per heavy atom. The van der Waals surface area contributed by atoms with Crippen molar-refractivity contribution in [3.05, 3.63) is 0 Å². The molecule has 0 unspecified atom stereocenters. The Bertz CT molecular complexity index is 208. The number of hydrogen-bond donors (Lipinski definition) is 1. The van der Waals surface area contributed by atoms with Crippen LogP contribution in [-0.4, -0.2) is 43.4 Å². The van der Waals surface area contributed by atoms with Crippen molar-refractivity contribution in [2.75, 3.05) is 26.7 Å². The first-order valence-corrected chi connectivity index (χ1v) is 5.36. The first kappa shape index (κ1) is 11.7. The van der Waals surface area contributed by atoms with Crippen molar-refractivity contribution < 1.29 is 4.79 Å². The van der Waals surface area contributed by atoms with Crippen LogP contribution in [0.5, 0.6) is 0 Å². The van der Waals surface area contributed by atoms with Crippen molar-refractivity contribution in [1.29, 1.82) is 0 Å². The normalized spacial score (nSPS) is 24.1. The van der Waals surface area contributed by atoms with E-state index in [0.717, 1.165) is 19.5 Å². The van der Waals surface area contributed by atoms with E-state index in [9.17, 15) is 4.79 Å². The van der Waals surface area contributed by atoms with Crippen LogP contribution in [0.3, 0.4) is 0 Å². The van der Waals surface area contributed by atoms with Gasteiger partial charge in [-0.1, -0.05) is 20.8 Å². The Morgan fingerprint density at radius 2 is 2.14 bits per heavy atom. The number of hydrogen-bond acceptors (Lipinski definition) is 3. The van der Waals surface area contributed by atoms with Gasteiger partial charge in [-0.3, -0.25) is 9.69 Å². The molecule has 14 heavy (non-hydrogen) atoms. The number of carbonyl (C=O) groups is 1. The lowest BCUT2D eigenvalue weighted by molar-refractivity contribution is -0.127. The van der Waals surface area contributed by atoms with Crippen LogP contribution in [0.4, 0.5) is 0 Å². The first-order valence-electron chi connectivity index (χ1n) is 5.36. The van der Waals surface area contributed by atoms with Gasteiger partial charge in [-0.25, -0.2) is 0 Å². The molecule has 1 atom stereocenters. The van der Waals surface area contributed by atoms with Gasteiger partial charge in [0.05, 0.1) is 6.54 Å². The minimum Gasteiger partial charge on any atom is -0.316 e. The number of carbonyl (C=O) groups excluding carboxylic acids is 1. The summed E-state index contributed by atoms with van der Waals surface area (Å²) < 4.78 is 0. The molecule has 1 rings (SSSR count). The summed E-state index contributed by atoms with van der Waals surface area (Å²) in [5.41, 5.74) is -0.197. The number of likely N-dealkylation sites (tertiary alicyclic amines) is 1. The predicted octanol–water partition coefficient (Wildman–Crippen LogP) is 0.895. The van der Waals surface area contributed by atoms with Crippen molar-refractivity contribution in [1.82, 2.24) is 10.2 Å². The number of nitrogens with zero attached hydrogens (tertiary/aromatic N) is 1. The van der Waals surface area contributed by atoms with E-state index in [2.05, 4.69) is 10.2 Å². The van der Waals surface area contributed by atoms with Gasteiger partial charge < -0.3 is 5.32 Å². The Morgan fingerprint density at radius 1 is 1.50 bits per heavy atom. The topological polar surface area (TPSA) is 32.3 Å². The quantitative estimate of drug-likeness (QED) is 0.731. The van der Waals surface area contributed by atoms with Gasteiger partial charge in [0.25, 0.3) is 0 Å². The number of Topliss-reactive ketones (excluding diaryl/α,β-unsaturated/α-hetero) is 1. The molecule has 1 saturated heterocycles. The molecule has 1 aliphatic rings. The largest absolute Gasteiger partial charge is 0.316 e. The van der Waals surface area contributed by atoms with Crippen LogP contribution >= 0.6 is 0 Å². The molecule has 0 aromatic heterocycles. The summed E-state index contributed by atoms with van der Waals surface area (Å²) >= 11 is 0. The van der Waals surface area contributed by atoms with Crippen molar-refractivity contribution in [2.45, 2.75) is 33.2 Å². The lowest BCUT2D eigenvalue weighted by Crippen LogP contribution is -2.36. The highest BCUT2D eigenvalue weighted by molar-refractivity contribution is 5.85. The van der Waals surface area contributed by atoms with Crippen LogP contribution in [-0.2, 0) is 4.79 Å². The molecule has 82 valence electrons. The highest BCUT2D eigenvalue weighted by Crippen LogP contribution is 2.17. The van der Waals surface area contributed by atoms with E-state index in [1.807, 2.05) is 27.8 Å². The van der Waals surface area contributed by atoms with Crippen LogP contribution in [0.2, 0.25) is 0 Å². The van der Waals surface area contributed by atoms with Crippen molar-refractivity contribution >= 4 is 5.78 Å². The van der Waals surface area contributed by atoms with Crippen LogP contribution in [0.15, 0.2) is 0 Å². The second kappa shape index (κ2) is 4.41. The van der Waals surface area contributed by atoms with Gasteiger partial charge in [0, 0.05) is 24.5 Å². The average molecular weight is 198 g/mol. The van der Waals surface area contributed by atoms with Gasteiger partial charge in [0.1, 0.15) is 0 Å². The summed E-state index contributed by atoms with van der Waals surface area (Å²) in [5, 5.41) is 3.25. The molecule has 0 radical (unpaired) electrons. The Hall–Kier alpha value is -0.410. The fourth-order valence-electron chi connectivity index (χ4n) is 1.65. The third-order valence-corrected chi connectivity index (χ3v) is 2.88. The van der Waals surface area contributed by atoms with Crippen molar-refractivity contribution in [3.8, 4) is 0 Å². The maximum absolute atomic E-state index is 11.8. The zero-order chi connectivity index (χ0) is 10.8. The smallest absolute Gasteiger partial charge is 0.152 e. The van der Waals surface area contributed by atoms with Gasteiger partial charge in [0.2, 0.25) is 0 Å². The van der Waals surface area contributed by atoms with E-state index in [1.165, 1.54) is 0 Å². The second-order valence-electron chi connectivity index (χ2n) is 5.18. The van der Waals surface area contributed by atoms with E-state index in [1.54, 1.807) is 0 Å². The summed E-state index contributed by atoms with van der Waals surface area (Å²) in [4.78, 5) is 14.0. The molecule has 0 spiro atoms. The van der Waals surface area contributed by atoms with Crippen LogP contribution < -0.4 is 5.32 Å². The van der Waals surface area contributed by atoms with E-state index in [4.69, 9.17) is 0 Å². The Kier molecular flexibility index (Phi) is 3.67. The molecule has 0 aromatic rings. The van der Waals surface area contributed by atoms with E-state index >= 15 is 0 Å². The summed E-state index contributed by atoms with van der Waals surface area (Å²) in [7, 11) is 1.99. The molecule has 1 N–H and O–H groups in total. The van der Waals surface area contributed by atoms with Gasteiger partial charge in [-0.05, 0) is 13.5 Å². The van der Waals surface area contributed by atoms with Crippen LogP contribution in [0, 0.1) is 5.41 Å². The molecule has 0 aromatic carbocycles. The lowest BCUT2D eigenvalue weighted by Gasteiger charge is -2.21. The monoisotopic (exact) mass is 198 g/mol. The first-order chi connectivity index (χ1) is 6.43. The van der Waals surface area contributed by atoms with Crippen LogP contribution in [0.1, 0.15) is 27.2 Å². The minimum atomic E-state index is -0.197. The summed E-state index contributed by atoms with van der Waals surface area (Å²) in [5.74, 6) is 0.342. The molecule has 0 saturated carbocycles. The lowest BCUT2D eigenvalue weighted by atomic mass is 9.90. The van der Waals surface area contributed by atoms with E-state index in [-0.39, 0.29) is 5.41 Å². The van der Waals surface area contributed by atoms with Crippen LogP contribution in [0.25, 0.3) is 0 Å². The minimum absolute atomic E-state index is 0.197. The SMILES string of the molecule is CN[C@@H]1CCN(CC(=O)C(C)(C)C)C1. The molecule has 0 amide bonds. The molecule has 0 aliphatic carbocycles. The molecule has 3 nitrogen and oxygen atoms in total. The average Bonchev–Trinajstić information content (AvgIpc) is 2.50. The highest BCUT2D eigenvalue weighted by atomic mass is 16.1. The van der Waals surface area contributed by atoms with Crippen molar-refractivity contribution in [2.24, 2.45) is 5.41 Å². The highest BCUT2D eigenvalue weighted by Gasteiger charge is 2.27. The zero-order valence-electron chi connectivity index (χ0n) is 9.76. The fourth-order valence-corrected chi connectivity index (χ4v) is 1.65. The summed E-state index contributed by atoms with van der Waals surface area (Å²) in [6.07, 6.45) is 1.16. The fraction of sp³-hybridized carbons (Fsp3) is 0.909. The van der Waals surface area contributed by atoms with E-state index in [0.29, 0.717) is 18.4 Å². The second-order valence-corrected chi connectivity index (χ2v) is 5.18. The molecular weight excluding hydrogens is 176 g/mol. The Labute approximate surface area is 86.9 Å². The third-order valence-electron chi connectivity index (χ3n) is 2.88. The number of ketones is 1. The number of likely N-dealkylation sites (N-methyl/N-ethyl adjacent to an activating group) is 1. The third kappa shape index (κ3) is 3.07. The maximum Gasteiger partial charge on any atom is 0.152 e. The molecule has 3 heteroatoms. The molecule has 0 bridgehead atoms. The standard InChI is InChI=1S/C11H22N2O/c1-11(2,3)10(14)8-13-6-5-9(7-13)12-4/h9,12H,5-8H2,1-4H3/t9-/m1/s1. The predicted molar refractivity (Wildman–Crippen MR) is 58.4 cm³/mol. The Balaban J connectivity index is 2.36. The zero-order valence-corrected chi connectivity index (χ0v) is 9.76. The maximum atomic E-state index is 11.8. The van der Waals surface area contributed by atoms with Gasteiger partial charge in [0.15, 0.2) is 5.78 Å².